The lowest BCUT2D eigenvalue weighted by molar-refractivity contribution is -0.134. The Morgan fingerprint density at radius 1 is 1.13 bits per heavy atom. The van der Waals surface area contributed by atoms with Crippen LogP contribution in [0.3, 0.4) is 0 Å². The number of aliphatic carboxylic acids is 2. The molecule has 1 saturated carbocycles. The van der Waals surface area contributed by atoms with Crippen molar-refractivity contribution in [2.45, 2.75) is 44.2 Å². The predicted octanol–water partition coefficient (Wildman–Crippen LogP) is 2.92. The first-order chi connectivity index (χ1) is 14.3. The summed E-state index contributed by atoms with van der Waals surface area (Å²) in [5.41, 5.74) is 1.20. The highest BCUT2D eigenvalue weighted by Crippen LogP contribution is 2.37. The SMILES string of the molecule is COCOc1cccc(C(C2CCCCCC2O)N(C)C)c1.O=C(O)C=CC(=O)O. The fraction of sp³-hybridized carbons (Fsp3) is 0.545. The molecule has 0 heterocycles. The van der Waals surface area contributed by atoms with Gasteiger partial charge in [-0.25, -0.2) is 9.59 Å². The number of aliphatic hydroxyl groups is 1. The molecule has 1 aromatic carbocycles. The summed E-state index contributed by atoms with van der Waals surface area (Å²) >= 11 is 0. The first kappa shape index (κ1) is 25.6. The van der Waals surface area contributed by atoms with E-state index in [1.165, 1.54) is 18.4 Å². The van der Waals surface area contributed by atoms with Crippen LogP contribution in [0.15, 0.2) is 36.4 Å². The number of carboxylic acid groups (broad SMARTS) is 2. The van der Waals surface area contributed by atoms with Gasteiger partial charge in [-0.1, -0.05) is 31.4 Å². The molecule has 0 bridgehead atoms. The van der Waals surface area contributed by atoms with Crippen molar-refractivity contribution in [1.29, 1.82) is 0 Å². The topological polar surface area (TPSA) is 117 Å². The van der Waals surface area contributed by atoms with Gasteiger partial charge in [-0.15, -0.1) is 0 Å². The molecule has 0 amide bonds. The van der Waals surface area contributed by atoms with E-state index in [1.54, 1.807) is 7.11 Å². The summed E-state index contributed by atoms with van der Waals surface area (Å²) < 4.78 is 10.5. The normalized spacial score (nSPS) is 20.2. The van der Waals surface area contributed by atoms with E-state index in [1.807, 2.05) is 12.1 Å². The lowest BCUT2D eigenvalue weighted by Crippen LogP contribution is -2.34. The number of hydrogen-bond acceptors (Lipinski definition) is 6. The fourth-order valence-electron chi connectivity index (χ4n) is 3.67. The van der Waals surface area contributed by atoms with Crippen molar-refractivity contribution in [2.24, 2.45) is 5.92 Å². The summed E-state index contributed by atoms with van der Waals surface area (Å²) in [5, 5.41) is 26.2. The van der Waals surface area contributed by atoms with E-state index >= 15 is 0 Å². The number of hydrogen-bond donors (Lipinski definition) is 3. The number of rotatable bonds is 8. The van der Waals surface area contributed by atoms with Crippen LogP contribution in [0.1, 0.15) is 43.7 Å². The molecule has 2 rings (SSSR count). The molecule has 1 aliphatic rings. The molecular formula is C22H33NO7. The second-order valence-corrected chi connectivity index (χ2v) is 7.41. The molecule has 3 atom stereocenters. The third kappa shape index (κ3) is 9.39. The number of nitrogens with zero attached hydrogens (tertiary/aromatic N) is 1. The first-order valence-electron chi connectivity index (χ1n) is 9.96. The predicted molar refractivity (Wildman–Crippen MR) is 112 cm³/mol. The quantitative estimate of drug-likeness (QED) is 0.332. The minimum atomic E-state index is -1.26. The number of methoxy groups -OCH3 is 1. The maximum atomic E-state index is 10.6. The van der Waals surface area contributed by atoms with Gasteiger partial charge in [0, 0.05) is 31.2 Å². The van der Waals surface area contributed by atoms with Gasteiger partial charge in [0.25, 0.3) is 0 Å². The van der Waals surface area contributed by atoms with Crippen LogP contribution in [0, 0.1) is 5.92 Å². The van der Waals surface area contributed by atoms with Gasteiger partial charge in [0.2, 0.25) is 0 Å². The minimum absolute atomic E-state index is 0.208. The maximum Gasteiger partial charge on any atom is 0.328 e. The molecule has 8 nitrogen and oxygen atoms in total. The molecule has 0 radical (unpaired) electrons. The Bertz CT molecular complexity index is 674. The Morgan fingerprint density at radius 2 is 1.77 bits per heavy atom. The van der Waals surface area contributed by atoms with Crippen molar-refractivity contribution in [3.8, 4) is 5.75 Å². The van der Waals surface area contributed by atoms with Crippen LogP contribution in [0.4, 0.5) is 0 Å². The third-order valence-electron chi connectivity index (χ3n) is 4.91. The van der Waals surface area contributed by atoms with Crippen LogP contribution >= 0.6 is 0 Å². The van der Waals surface area contributed by atoms with E-state index in [2.05, 4.69) is 31.1 Å². The number of aliphatic hydroxyl groups excluding tert-OH is 1. The van der Waals surface area contributed by atoms with E-state index in [0.717, 1.165) is 25.0 Å². The second kappa shape index (κ2) is 13.7. The molecule has 0 spiro atoms. The Hall–Kier alpha value is -2.42. The zero-order chi connectivity index (χ0) is 22.5. The largest absolute Gasteiger partial charge is 0.478 e. The molecule has 1 fully saturated rings. The lowest BCUT2D eigenvalue weighted by atomic mass is 9.84. The van der Waals surface area contributed by atoms with Crippen LogP contribution in [-0.4, -0.2) is 66.3 Å². The van der Waals surface area contributed by atoms with Crippen molar-refractivity contribution < 1.29 is 34.4 Å². The minimum Gasteiger partial charge on any atom is -0.478 e. The van der Waals surface area contributed by atoms with E-state index in [0.29, 0.717) is 12.2 Å². The fourth-order valence-corrected chi connectivity index (χ4v) is 3.67. The summed E-state index contributed by atoms with van der Waals surface area (Å²) in [7, 11) is 5.80. The lowest BCUT2D eigenvalue weighted by Gasteiger charge is -2.35. The van der Waals surface area contributed by atoms with Gasteiger partial charge >= 0.3 is 11.9 Å². The highest BCUT2D eigenvalue weighted by molar-refractivity contribution is 5.89. The monoisotopic (exact) mass is 423 g/mol. The molecule has 1 aromatic rings. The molecule has 3 unspecified atom stereocenters. The van der Waals surface area contributed by atoms with Gasteiger partial charge in [-0.05, 0) is 44.6 Å². The van der Waals surface area contributed by atoms with Crippen LogP contribution < -0.4 is 4.74 Å². The van der Waals surface area contributed by atoms with Crippen molar-refractivity contribution in [3.63, 3.8) is 0 Å². The Kier molecular flexibility index (Phi) is 11.7. The van der Waals surface area contributed by atoms with Gasteiger partial charge in [0.15, 0.2) is 6.79 Å². The molecule has 0 saturated heterocycles. The molecule has 0 aliphatic heterocycles. The van der Waals surface area contributed by atoms with Crippen LogP contribution in [0.5, 0.6) is 5.75 Å². The van der Waals surface area contributed by atoms with Gasteiger partial charge in [-0.3, -0.25) is 0 Å². The summed E-state index contributed by atoms with van der Waals surface area (Å²) in [5.74, 6) is -1.43. The standard InChI is InChI=1S/C18H29NO3.C4H4O4/c1-19(2)18(16-10-5-4-6-11-17(16)20)14-8-7-9-15(12-14)22-13-21-3;5-3(6)1-2-4(7)8/h7-9,12,16-18,20H,4-6,10-11,13H2,1-3H3;1-2H,(H,5,6)(H,7,8). The second-order valence-electron chi connectivity index (χ2n) is 7.41. The van der Waals surface area contributed by atoms with Crippen LogP contribution in [0.2, 0.25) is 0 Å². The zero-order valence-corrected chi connectivity index (χ0v) is 17.9. The van der Waals surface area contributed by atoms with E-state index in [9.17, 15) is 14.7 Å². The van der Waals surface area contributed by atoms with Crippen molar-refractivity contribution in [1.82, 2.24) is 4.90 Å². The number of ether oxygens (including phenoxy) is 2. The number of carboxylic acids is 2. The van der Waals surface area contributed by atoms with Gasteiger partial charge < -0.3 is 29.7 Å². The average Bonchev–Trinajstić information content (AvgIpc) is 2.90. The summed E-state index contributed by atoms with van der Waals surface area (Å²) in [4.78, 5) is 21.3. The van der Waals surface area contributed by atoms with Crippen LogP contribution in [0.25, 0.3) is 0 Å². The van der Waals surface area contributed by atoms with E-state index in [-0.39, 0.29) is 24.9 Å². The van der Waals surface area contributed by atoms with Crippen LogP contribution in [-0.2, 0) is 14.3 Å². The molecule has 8 heteroatoms. The first-order valence-corrected chi connectivity index (χ1v) is 9.96. The summed E-state index contributed by atoms with van der Waals surface area (Å²) in [6, 6.07) is 8.36. The van der Waals surface area contributed by atoms with Crippen molar-refractivity contribution >= 4 is 11.9 Å². The molecule has 1 aliphatic carbocycles. The molecule has 0 aromatic heterocycles. The van der Waals surface area contributed by atoms with Crippen molar-refractivity contribution in [2.75, 3.05) is 28.0 Å². The third-order valence-corrected chi connectivity index (χ3v) is 4.91. The summed E-state index contributed by atoms with van der Waals surface area (Å²) in [6.45, 7) is 0.252. The smallest absolute Gasteiger partial charge is 0.328 e. The molecule has 168 valence electrons. The zero-order valence-electron chi connectivity index (χ0n) is 17.9. The number of carbonyl (C=O) groups is 2. The highest BCUT2D eigenvalue weighted by Gasteiger charge is 2.32. The molecular weight excluding hydrogens is 390 g/mol. The molecule has 30 heavy (non-hydrogen) atoms. The van der Waals surface area contributed by atoms with Gasteiger partial charge in [-0.2, -0.15) is 0 Å². The maximum absolute atomic E-state index is 10.6. The average molecular weight is 424 g/mol. The van der Waals surface area contributed by atoms with Gasteiger partial charge in [0.05, 0.1) is 6.10 Å². The number of benzene rings is 1. The summed E-state index contributed by atoms with van der Waals surface area (Å²) in [6.07, 6.45) is 6.44. The van der Waals surface area contributed by atoms with E-state index < -0.39 is 11.9 Å². The van der Waals surface area contributed by atoms with Gasteiger partial charge in [0.1, 0.15) is 5.75 Å². The highest BCUT2D eigenvalue weighted by atomic mass is 16.7. The Morgan fingerprint density at radius 3 is 2.33 bits per heavy atom. The Labute approximate surface area is 177 Å². The van der Waals surface area contributed by atoms with E-state index in [4.69, 9.17) is 19.7 Å². The Balaban J connectivity index is 0.000000479. The van der Waals surface area contributed by atoms with Crippen molar-refractivity contribution in [3.05, 3.63) is 42.0 Å². The molecule has 3 N–H and O–H groups in total.